The molecule has 3 nitrogen and oxygen atoms in total. The van der Waals surface area contributed by atoms with Gasteiger partial charge in [-0.3, -0.25) is 0 Å². The molecule has 2 N–H and O–H groups in total. The number of hydrogen-bond acceptors (Lipinski definition) is 3. The van der Waals surface area contributed by atoms with Crippen LogP contribution in [0.5, 0.6) is 0 Å². The average Bonchev–Trinajstić information content (AvgIpc) is 2.07. The van der Waals surface area contributed by atoms with E-state index >= 15 is 0 Å². The smallest absolute Gasteiger partial charge is 0.0645 e. The van der Waals surface area contributed by atoms with E-state index < -0.39 is 0 Å². The lowest BCUT2D eigenvalue weighted by atomic mass is 9.89. The number of piperidine rings is 1. The van der Waals surface area contributed by atoms with Crippen LogP contribution < -0.4 is 10.6 Å². The molecule has 11 heavy (non-hydrogen) atoms. The van der Waals surface area contributed by atoms with Crippen molar-refractivity contribution in [1.29, 1.82) is 0 Å². The van der Waals surface area contributed by atoms with Crippen molar-refractivity contribution in [2.75, 3.05) is 33.9 Å². The van der Waals surface area contributed by atoms with Gasteiger partial charge < -0.3 is 15.4 Å². The average molecular weight is 158 g/mol. The van der Waals surface area contributed by atoms with Gasteiger partial charge in [0.05, 0.1) is 6.61 Å². The lowest BCUT2D eigenvalue weighted by molar-refractivity contribution is 0.0920. The molecule has 0 unspecified atom stereocenters. The zero-order valence-electron chi connectivity index (χ0n) is 7.44. The molecular formula is C8H18N2O. The standard InChI is InChI=1S/C8H18N2O/c1-9-8(7-11-2)3-5-10-6-4-8/h9-10H,3-7H2,1-2H3. The molecule has 0 spiro atoms. The van der Waals surface area contributed by atoms with Crippen molar-refractivity contribution in [1.82, 2.24) is 10.6 Å². The van der Waals surface area contributed by atoms with Gasteiger partial charge in [-0.15, -0.1) is 0 Å². The lowest BCUT2D eigenvalue weighted by Gasteiger charge is -2.36. The molecule has 0 aromatic carbocycles. The number of ether oxygens (including phenoxy) is 1. The third kappa shape index (κ3) is 2.15. The van der Waals surface area contributed by atoms with Crippen molar-refractivity contribution in [3.8, 4) is 0 Å². The highest BCUT2D eigenvalue weighted by Gasteiger charge is 2.29. The Morgan fingerprint density at radius 1 is 1.45 bits per heavy atom. The SMILES string of the molecule is CNC1(COC)CCNCC1. The topological polar surface area (TPSA) is 33.3 Å². The molecule has 0 bridgehead atoms. The number of hydrogen-bond donors (Lipinski definition) is 2. The Balaban J connectivity index is 2.42. The Morgan fingerprint density at radius 3 is 2.55 bits per heavy atom. The van der Waals surface area contributed by atoms with Crippen molar-refractivity contribution >= 4 is 0 Å². The molecule has 0 amide bonds. The van der Waals surface area contributed by atoms with Gasteiger partial charge in [0.2, 0.25) is 0 Å². The molecule has 0 radical (unpaired) electrons. The van der Waals surface area contributed by atoms with E-state index in [0.29, 0.717) is 0 Å². The van der Waals surface area contributed by atoms with Crippen LogP contribution in [-0.2, 0) is 4.74 Å². The maximum Gasteiger partial charge on any atom is 0.0645 e. The summed E-state index contributed by atoms with van der Waals surface area (Å²) in [6.45, 7) is 3.03. The van der Waals surface area contributed by atoms with E-state index in [1.807, 2.05) is 7.05 Å². The van der Waals surface area contributed by atoms with Crippen molar-refractivity contribution in [3.05, 3.63) is 0 Å². The Kier molecular flexibility index (Phi) is 3.30. The van der Waals surface area contributed by atoms with Crippen molar-refractivity contribution < 1.29 is 4.74 Å². The largest absolute Gasteiger partial charge is 0.383 e. The number of nitrogens with one attached hydrogen (secondary N) is 2. The molecule has 1 rings (SSSR count). The molecule has 1 aliphatic heterocycles. The van der Waals surface area contributed by atoms with Crippen LogP contribution in [0.3, 0.4) is 0 Å². The van der Waals surface area contributed by atoms with E-state index in [1.165, 1.54) is 0 Å². The monoisotopic (exact) mass is 158 g/mol. The van der Waals surface area contributed by atoms with Crippen molar-refractivity contribution in [2.45, 2.75) is 18.4 Å². The fraction of sp³-hybridized carbons (Fsp3) is 1.00. The van der Waals surface area contributed by atoms with E-state index in [9.17, 15) is 0 Å². The Morgan fingerprint density at radius 2 is 2.09 bits per heavy atom. The number of rotatable bonds is 3. The molecular weight excluding hydrogens is 140 g/mol. The highest BCUT2D eigenvalue weighted by Crippen LogP contribution is 2.17. The highest BCUT2D eigenvalue weighted by atomic mass is 16.5. The first-order chi connectivity index (χ1) is 5.33. The molecule has 0 aromatic rings. The van der Waals surface area contributed by atoms with Crippen LogP contribution in [0.25, 0.3) is 0 Å². The Hall–Kier alpha value is -0.120. The van der Waals surface area contributed by atoms with Gasteiger partial charge in [-0.05, 0) is 33.0 Å². The summed E-state index contributed by atoms with van der Waals surface area (Å²) in [6.07, 6.45) is 2.33. The van der Waals surface area contributed by atoms with Crippen LogP contribution in [0, 0.1) is 0 Å². The van der Waals surface area contributed by atoms with E-state index in [0.717, 1.165) is 32.5 Å². The first-order valence-corrected chi connectivity index (χ1v) is 4.21. The second-order valence-electron chi connectivity index (χ2n) is 3.21. The number of methoxy groups -OCH3 is 1. The molecule has 0 aliphatic carbocycles. The van der Waals surface area contributed by atoms with Crippen LogP contribution in [-0.4, -0.2) is 39.4 Å². The minimum absolute atomic E-state index is 0.236. The van der Waals surface area contributed by atoms with Crippen molar-refractivity contribution in [2.24, 2.45) is 0 Å². The zero-order chi connectivity index (χ0) is 8.16. The molecule has 1 fully saturated rings. The van der Waals surface area contributed by atoms with Crippen LogP contribution in [0.15, 0.2) is 0 Å². The fourth-order valence-corrected chi connectivity index (χ4v) is 1.65. The second kappa shape index (κ2) is 4.04. The number of likely N-dealkylation sites (N-methyl/N-ethyl adjacent to an activating group) is 1. The summed E-state index contributed by atoms with van der Waals surface area (Å²) < 4.78 is 5.19. The lowest BCUT2D eigenvalue weighted by Crippen LogP contribution is -2.53. The maximum absolute atomic E-state index is 5.19. The molecule has 0 atom stereocenters. The minimum atomic E-state index is 0.236. The van der Waals surface area contributed by atoms with Gasteiger partial charge >= 0.3 is 0 Å². The molecule has 1 aliphatic rings. The molecule has 66 valence electrons. The van der Waals surface area contributed by atoms with Gasteiger partial charge in [0, 0.05) is 12.6 Å². The first kappa shape index (κ1) is 8.97. The van der Waals surface area contributed by atoms with Crippen LogP contribution >= 0.6 is 0 Å². The van der Waals surface area contributed by atoms with Crippen LogP contribution in [0.1, 0.15) is 12.8 Å². The Labute approximate surface area is 68.5 Å². The van der Waals surface area contributed by atoms with Crippen LogP contribution in [0.2, 0.25) is 0 Å². The summed E-state index contributed by atoms with van der Waals surface area (Å²) in [5.41, 5.74) is 0.236. The van der Waals surface area contributed by atoms with Gasteiger partial charge in [0.25, 0.3) is 0 Å². The molecule has 1 saturated heterocycles. The second-order valence-corrected chi connectivity index (χ2v) is 3.21. The summed E-state index contributed by atoms with van der Waals surface area (Å²) in [5, 5.41) is 6.69. The summed E-state index contributed by atoms with van der Waals surface area (Å²) in [6, 6.07) is 0. The predicted molar refractivity (Wildman–Crippen MR) is 45.8 cm³/mol. The molecule has 0 saturated carbocycles. The zero-order valence-corrected chi connectivity index (χ0v) is 7.44. The van der Waals surface area contributed by atoms with E-state index in [1.54, 1.807) is 7.11 Å². The quantitative estimate of drug-likeness (QED) is 0.605. The summed E-state index contributed by atoms with van der Waals surface area (Å²) in [7, 11) is 3.78. The summed E-state index contributed by atoms with van der Waals surface area (Å²) in [5.74, 6) is 0. The maximum atomic E-state index is 5.19. The third-order valence-corrected chi connectivity index (χ3v) is 2.51. The fourth-order valence-electron chi connectivity index (χ4n) is 1.65. The predicted octanol–water partition coefficient (Wildman–Crippen LogP) is -0.0256. The first-order valence-electron chi connectivity index (χ1n) is 4.21. The molecule has 0 aromatic heterocycles. The summed E-state index contributed by atoms with van der Waals surface area (Å²) in [4.78, 5) is 0. The van der Waals surface area contributed by atoms with E-state index in [2.05, 4.69) is 10.6 Å². The van der Waals surface area contributed by atoms with E-state index in [-0.39, 0.29) is 5.54 Å². The van der Waals surface area contributed by atoms with Gasteiger partial charge in [-0.25, -0.2) is 0 Å². The highest BCUT2D eigenvalue weighted by molar-refractivity contribution is 4.90. The summed E-state index contributed by atoms with van der Waals surface area (Å²) >= 11 is 0. The van der Waals surface area contributed by atoms with E-state index in [4.69, 9.17) is 4.74 Å². The van der Waals surface area contributed by atoms with Crippen molar-refractivity contribution in [3.63, 3.8) is 0 Å². The minimum Gasteiger partial charge on any atom is -0.383 e. The third-order valence-electron chi connectivity index (χ3n) is 2.51. The normalized spacial score (nSPS) is 23.5. The van der Waals surface area contributed by atoms with Gasteiger partial charge in [-0.2, -0.15) is 0 Å². The van der Waals surface area contributed by atoms with Crippen LogP contribution in [0.4, 0.5) is 0 Å². The van der Waals surface area contributed by atoms with Gasteiger partial charge in [0.1, 0.15) is 0 Å². The molecule has 3 heteroatoms. The molecule has 1 heterocycles. The Bertz CT molecular complexity index is 105. The van der Waals surface area contributed by atoms with Gasteiger partial charge in [0.15, 0.2) is 0 Å². The van der Waals surface area contributed by atoms with Gasteiger partial charge in [-0.1, -0.05) is 0 Å².